The Morgan fingerprint density at radius 1 is 1.45 bits per heavy atom. The number of hydrogen-bond acceptors (Lipinski definition) is 2. The summed E-state index contributed by atoms with van der Waals surface area (Å²) in [6, 6.07) is 0. The summed E-state index contributed by atoms with van der Waals surface area (Å²) in [5.41, 5.74) is 0. The predicted molar refractivity (Wildman–Crippen MR) is 48.3 cm³/mol. The van der Waals surface area contributed by atoms with Gasteiger partial charge in [-0.1, -0.05) is 32.3 Å². The first-order valence-corrected chi connectivity index (χ1v) is 4.21. The van der Waals surface area contributed by atoms with Crippen molar-refractivity contribution >= 4 is 7.12 Å². The van der Waals surface area contributed by atoms with Gasteiger partial charge in [0, 0.05) is 5.82 Å². The van der Waals surface area contributed by atoms with Gasteiger partial charge in [0.2, 0.25) is 0 Å². The van der Waals surface area contributed by atoms with E-state index in [4.69, 9.17) is 10.0 Å². The Balaban J connectivity index is 3.44. The number of rotatable bonds is 6. The average molecular weight is 156 g/mol. The lowest BCUT2D eigenvalue weighted by Gasteiger charge is -2.09. The Morgan fingerprint density at radius 3 is 2.45 bits per heavy atom. The zero-order valence-corrected chi connectivity index (χ0v) is 7.16. The topological polar surface area (TPSA) is 40.5 Å². The fraction of sp³-hybridized carbons (Fsp3) is 0.750. The minimum atomic E-state index is -1.23. The SMILES string of the molecule is C=CC(CCCCC)B(O)O. The van der Waals surface area contributed by atoms with Gasteiger partial charge in [0.1, 0.15) is 0 Å². The van der Waals surface area contributed by atoms with Crippen LogP contribution in [0.4, 0.5) is 0 Å². The molecule has 0 radical (unpaired) electrons. The third-order valence-electron chi connectivity index (χ3n) is 1.83. The van der Waals surface area contributed by atoms with Gasteiger partial charge in [-0.2, -0.15) is 0 Å². The van der Waals surface area contributed by atoms with Gasteiger partial charge < -0.3 is 10.0 Å². The van der Waals surface area contributed by atoms with Crippen LogP contribution in [-0.4, -0.2) is 17.2 Å². The lowest BCUT2D eigenvalue weighted by Crippen LogP contribution is -2.18. The molecule has 0 fully saturated rings. The quantitative estimate of drug-likeness (QED) is 0.348. The zero-order chi connectivity index (χ0) is 8.69. The van der Waals surface area contributed by atoms with Crippen LogP contribution in [0.25, 0.3) is 0 Å². The standard InChI is InChI=1S/C8H17BO2/c1-3-5-6-7-8(4-2)9(10)11/h4,8,10-11H,2-3,5-7H2,1H3. The Labute approximate surface area is 69.1 Å². The second-order valence-electron chi connectivity index (χ2n) is 2.81. The van der Waals surface area contributed by atoms with E-state index in [2.05, 4.69) is 13.5 Å². The normalized spacial score (nSPS) is 12.6. The molecule has 0 bridgehead atoms. The van der Waals surface area contributed by atoms with Gasteiger partial charge in [0.15, 0.2) is 0 Å². The van der Waals surface area contributed by atoms with Crippen molar-refractivity contribution < 1.29 is 10.0 Å². The van der Waals surface area contributed by atoms with E-state index in [1.165, 1.54) is 0 Å². The summed E-state index contributed by atoms with van der Waals surface area (Å²) in [7, 11) is -1.23. The lowest BCUT2D eigenvalue weighted by atomic mass is 9.70. The van der Waals surface area contributed by atoms with Gasteiger partial charge in [-0.3, -0.25) is 0 Å². The molecule has 0 aromatic rings. The molecule has 0 spiro atoms. The number of allylic oxidation sites excluding steroid dienone is 1. The van der Waals surface area contributed by atoms with Crippen LogP contribution in [0.5, 0.6) is 0 Å². The second kappa shape index (κ2) is 6.44. The molecule has 0 rings (SSSR count). The lowest BCUT2D eigenvalue weighted by molar-refractivity contribution is 0.388. The van der Waals surface area contributed by atoms with Crippen molar-refractivity contribution in [2.45, 2.75) is 38.4 Å². The summed E-state index contributed by atoms with van der Waals surface area (Å²) < 4.78 is 0. The van der Waals surface area contributed by atoms with Crippen LogP contribution in [0.1, 0.15) is 32.6 Å². The van der Waals surface area contributed by atoms with Crippen molar-refractivity contribution in [3.63, 3.8) is 0 Å². The second-order valence-corrected chi connectivity index (χ2v) is 2.81. The molecule has 3 heteroatoms. The average Bonchev–Trinajstić information content (AvgIpc) is 1.97. The molecule has 0 heterocycles. The minimum Gasteiger partial charge on any atom is -0.427 e. The van der Waals surface area contributed by atoms with E-state index in [9.17, 15) is 0 Å². The molecule has 2 N–H and O–H groups in total. The largest absolute Gasteiger partial charge is 0.458 e. The summed E-state index contributed by atoms with van der Waals surface area (Å²) in [6.45, 7) is 5.66. The molecule has 2 nitrogen and oxygen atoms in total. The highest BCUT2D eigenvalue weighted by molar-refractivity contribution is 6.43. The van der Waals surface area contributed by atoms with Crippen molar-refractivity contribution in [2.24, 2.45) is 0 Å². The Kier molecular flexibility index (Phi) is 6.28. The van der Waals surface area contributed by atoms with Gasteiger partial charge in [-0.15, -0.1) is 6.58 Å². The smallest absolute Gasteiger partial charge is 0.427 e. The Bertz CT molecular complexity index is 104. The molecule has 0 aliphatic carbocycles. The van der Waals surface area contributed by atoms with Crippen molar-refractivity contribution in [3.8, 4) is 0 Å². The summed E-state index contributed by atoms with van der Waals surface area (Å²) in [6.07, 6.45) is 5.79. The maximum atomic E-state index is 8.80. The van der Waals surface area contributed by atoms with Crippen LogP contribution in [0, 0.1) is 0 Å². The van der Waals surface area contributed by atoms with Gasteiger partial charge >= 0.3 is 7.12 Å². The molecule has 0 saturated heterocycles. The molecule has 0 aliphatic rings. The van der Waals surface area contributed by atoms with Crippen molar-refractivity contribution in [2.75, 3.05) is 0 Å². The first-order chi connectivity index (χ1) is 5.22. The molecule has 0 amide bonds. The van der Waals surface area contributed by atoms with Crippen LogP contribution >= 0.6 is 0 Å². The van der Waals surface area contributed by atoms with E-state index in [1.54, 1.807) is 6.08 Å². The molecule has 64 valence electrons. The first kappa shape index (κ1) is 10.7. The molecule has 1 atom stereocenters. The summed E-state index contributed by atoms with van der Waals surface area (Å²) >= 11 is 0. The highest BCUT2D eigenvalue weighted by Gasteiger charge is 2.18. The van der Waals surface area contributed by atoms with Crippen molar-refractivity contribution in [1.82, 2.24) is 0 Å². The van der Waals surface area contributed by atoms with E-state index in [0.29, 0.717) is 0 Å². The van der Waals surface area contributed by atoms with Gasteiger partial charge in [0.25, 0.3) is 0 Å². The van der Waals surface area contributed by atoms with Gasteiger partial charge in [-0.05, 0) is 6.42 Å². The fourth-order valence-corrected chi connectivity index (χ4v) is 1.02. The molecule has 0 aliphatic heterocycles. The first-order valence-electron chi connectivity index (χ1n) is 4.21. The maximum Gasteiger partial charge on any atom is 0.458 e. The molecule has 0 aromatic carbocycles. The van der Waals surface area contributed by atoms with Crippen LogP contribution in [0.3, 0.4) is 0 Å². The molecule has 1 unspecified atom stereocenters. The van der Waals surface area contributed by atoms with E-state index in [0.717, 1.165) is 25.7 Å². The highest BCUT2D eigenvalue weighted by Crippen LogP contribution is 2.17. The third kappa shape index (κ3) is 5.05. The van der Waals surface area contributed by atoms with E-state index >= 15 is 0 Å². The summed E-state index contributed by atoms with van der Waals surface area (Å²) in [5, 5.41) is 17.6. The molecule has 0 saturated carbocycles. The van der Waals surface area contributed by atoms with Crippen molar-refractivity contribution in [3.05, 3.63) is 12.7 Å². The number of unbranched alkanes of at least 4 members (excludes halogenated alkanes) is 2. The maximum absolute atomic E-state index is 8.80. The predicted octanol–water partition coefficient (Wildman–Crippen LogP) is 1.60. The molecular weight excluding hydrogens is 139 g/mol. The van der Waals surface area contributed by atoms with E-state index in [1.807, 2.05) is 0 Å². The summed E-state index contributed by atoms with van der Waals surface area (Å²) in [5.74, 6) is -0.151. The molecular formula is C8H17BO2. The van der Waals surface area contributed by atoms with Crippen LogP contribution in [0.15, 0.2) is 12.7 Å². The Hall–Kier alpha value is -0.275. The zero-order valence-electron chi connectivity index (χ0n) is 7.16. The van der Waals surface area contributed by atoms with E-state index < -0.39 is 7.12 Å². The van der Waals surface area contributed by atoms with Crippen LogP contribution in [0.2, 0.25) is 5.82 Å². The van der Waals surface area contributed by atoms with Crippen LogP contribution < -0.4 is 0 Å². The fourth-order valence-electron chi connectivity index (χ4n) is 1.02. The molecule has 11 heavy (non-hydrogen) atoms. The minimum absolute atomic E-state index is 0.151. The Morgan fingerprint density at radius 2 is 2.09 bits per heavy atom. The summed E-state index contributed by atoms with van der Waals surface area (Å²) in [4.78, 5) is 0. The highest BCUT2D eigenvalue weighted by atomic mass is 16.4. The van der Waals surface area contributed by atoms with Crippen LogP contribution in [-0.2, 0) is 0 Å². The monoisotopic (exact) mass is 156 g/mol. The third-order valence-corrected chi connectivity index (χ3v) is 1.83. The molecule has 0 aromatic heterocycles. The van der Waals surface area contributed by atoms with E-state index in [-0.39, 0.29) is 5.82 Å². The van der Waals surface area contributed by atoms with Gasteiger partial charge in [-0.25, -0.2) is 0 Å². The number of hydrogen-bond donors (Lipinski definition) is 2. The van der Waals surface area contributed by atoms with Gasteiger partial charge in [0.05, 0.1) is 0 Å². The van der Waals surface area contributed by atoms with Crippen molar-refractivity contribution in [1.29, 1.82) is 0 Å².